The lowest BCUT2D eigenvalue weighted by Crippen LogP contribution is -2.45. The molecule has 140 valence electrons. The van der Waals surface area contributed by atoms with Gasteiger partial charge in [-0.15, -0.1) is 0 Å². The van der Waals surface area contributed by atoms with Gasteiger partial charge in [-0.05, 0) is 49.1 Å². The van der Waals surface area contributed by atoms with Gasteiger partial charge >= 0.3 is 0 Å². The topological polar surface area (TPSA) is 66.5 Å². The van der Waals surface area contributed by atoms with Crippen LogP contribution in [0.2, 0.25) is 5.02 Å². The summed E-state index contributed by atoms with van der Waals surface area (Å²) in [5.74, 6) is -1.32. The Morgan fingerprint density at radius 2 is 1.63 bits per heavy atom. The first-order valence-electron chi connectivity index (χ1n) is 8.98. The van der Waals surface area contributed by atoms with Crippen LogP contribution >= 0.6 is 11.6 Å². The molecular formula is C21H21ClN2O3. The highest BCUT2D eigenvalue weighted by Gasteiger charge is 2.40. The second-order valence-electron chi connectivity index (χ2n) is 6.46. The molecule has 3 amide bonds. The summed E-state index contributed by atoms with van der Waals surface area (Å²) in [7, 11) is 0. The van der Waals surface area contributed by atoms with Gasteiger partial charge in [0, 0.05) is 10.7 Å². The van der Waals surface area contributed by atoms with Crippen molar-refractivity contribution in [1.29, 1.82) is 0 Å². The first-order valence-corrected chi connectivity index (χ1v) is 9.36. The Balaban J connectivity index is 1.89. The quantitative estimate of drug-likeness (QED) is 0.789. The summed E-state index contributed by atoms with van der Waals surface area (Å²) < 4.78 is 0. The SMILES string of the molecule is CCc1ccc(Cl)c(CC)c1NC(=O)[C@@H](C)N1C(=O)c2ccccc2C1=O. The highest BCUT2D eigenvalue weighted by atomic mass is 35.5. The van der Waals surface area contributed by atoms with Crippen molar-refractivity contribution in [2.24, 2.45) is 0 Å². The van der Waals surface area contributed by atoms with Crippen LogP contribution in [-0.2, 0) is 17.6 Å². The van der Waals surface area contributed by atoms with Crippen LogP contribution in [0, 0.1) is 0 Å². The zero-order chi connectivity index (χ0) is 19.7. The predicted molar refractivity (Wildman–Crippen MR) is 105 cm³/mol. The number of aryl methyl sites for hydroxylation is 1. The molecule has 0 radical (unpaired) electrons. The van der Waals surface area contributed by atoms with E-state index < -0.39 is 23.8 Å². The number of hydrogen-bond donors (Lipinski definition) is 1. The van der Waals surface area contributed by atoms with Crippen LogP contribution in [0.15, 0.2) is 36.4 Å². The highest BCUT2D eigenvalue weighted by Crippen LogP contribution is 2.30. The fourth-order valence-corrected chi connectivity index (χ4v) is 3.66. The molecule has 0 aliphatic carbocycles. The second kappa shape index (κ2) is 7.53. The Kier molecular flexibility index (Phi) is 5.33. The molecule has 0 fully saturated rings. The third-order valence-corrected chi connectivity index (χ3v) is 5.27. The monoisotopic (exact) mass is 384 g/mol. The standard InChI is InChI=1S/C21H21ClN2O3/c1-4-13-10-11-17(22)14(5-2)18(13)23-19(25)12(3)24-20(26)15-8-6-7-9-16(15)21(24)27/h6-12H,4-5H2,1-3H3,(H,23,25)/t12-/m1/s1. The van der Waals surface area contributed by atoms with Crippen molar-refractivity contribution >= 4 is 35.0 Å². The maximum absolute atomic E-state index is 12.9. The van der Waals surface area contributed by atoms with Gasteiger partial charge < -0.3 is 5.32 Å². The van der Waals surface area contributed by atoms with Gasteiger partial charge in [0.25, 0.3) is 11.8 Å². The van der Waals surface area contributed by atoms with Crippen molar-refractivity contribution in [3.63, 3.8) is 0 Å². The van der Waals surface area contributed by atoms with Crippen LogP contribution in [0.1, 0.15) is 52.6 Å². The molecule has 2 aromatic rings. The normalized spacial score (nSPS) is 14.3. The number of hydrogen-bond acceptors (Lipinski definition) is 3. The lowest BCUT2D eigenvalue weighted by molar-refractivity contribution is -0.119. The van der Waals surface area contributed by atoms with E-state index in [1.165, 1.54) is 0 Å². The Hall–Kier alpha value is -2.66. The molecule has 5 nitrogen and oxygen atoms in total. The molecule has 0 spiro atoms. The summed E-state index contributed by atoms with van der Waals surface area (Å²) in [6, 6.07) is 9.36. The molecule has 0 bridgehead atoms. The van der Waals surface area contributed by atoms with Crippen molar-refractivity contribution in [1.82, 2.24) is 4.90 Å². The van der Waals surface area contributed by atoms with Crippen molar-refractivity contribution in [2.45, 2.75) is 39.7 Å². The molecule has 1 aliphatic rings. The van der Waals surface area contributed by atoms with Gasteiger partial charge in [0.05, 0.1) is 11.1 Å². The van der Waals surface area contributed by atoms with Crippen LogP contribution in [0.5, 0.6) is 0 Å². The number of anilines is 1. The highest BCUT2D eigenvalue weighted by molar-refractivity contribution is 6.32. The predicted octanol–water partition coefficient (Wildman–Crippen LogP) is 4.09. The van der Waals surface area contributed by atoms with Crippen LogP contribution in [-0.4, -0.2) is 28.7 Å². The van der Waals surface area contributed by atoms with Gasteiger partial charge in [-0.25, -0.2) is 0 Å². The minimum Gasteiger partial charge on any atom is -0.324 e. The third-order valence-electron chi connectivity index (χ3n) is 4.92. The number of carbonyl (C=O) groups excluding carboxylic acids is 3. The molecule has 0 saturated heterocycles. The molecule has 1 N–H and O–H groups in total. The van der Waals surface area contributed by atoms with E-state index in [0.29, 0.717) is 28.3 Å². The summed E-state index contributed by atoms with van der Waals surface area (Å²) in [5.41, 5.74) is 3.13. The van der Waals surface area contributed by atoms with E-state index in [1.807, 2.05) is 26.0 Å². The molecule has 0 unspecified atom stereocenters. The second-order valence-corrected chi connectivity index (χ2v) is 6.87. The maximum Gasteiger partial charge on any atom is 0.262 e. The summed E-state index contributed by atoms with van der Waals surface area (Å²) in [5, 5.41) is 3.48. The number of nitrogens with one attached hydrogen (secondary N) is 1. The number of benzene rings is 2. The van der Waals surface area contributed by atoms with E-state index in [1.54, 1.807) is 31.2 Å². The summed E-state index contributed by atoms with van der Waals surface area (Å²) >= 11 is 6.29. The summed E-state index contributed by atoms with van der Waals surface area (Å²) in [6.45, 7) is 5.51. The van der Waals surface area contributed by atoms with Gasteiger partial charge in [-0.1, -0.05) is 43.6 Å². The number of amides is 3. The van der Waals surface area contributed by atoms with E-state index in [9.17, 15) is 14.4 Å². The van der Waals surface area contributed by atoms with Crippen molar-refractivity contribution in [2.75, 3.05) is 5.32 Å². The molecule has 2 aromatic carbocycles. The molecule has 3 rings (SSSR count). The third kappa shape index (κ3) is 3.23. The average molecular weight is 385 g/mol. The summed E-state index contributed by atoms with van der Waals surface area (Å²) in [4.78, 5) is 39.1. The van der Waals surface area contributed by atoms with E-state index in [4.69, 9.17) is 11.6 Å². The van der Waals surface area contributed by atoms with Crippen molar-refractivity contribution in [3.05, 3.63) is 63.7 Å². The number of carbonyl (C=O) groups is 3. The van der Waals surface area contributed by atoms with Crippen LogP contribution in [0.4, 0.5) is 5.69 Å². The fraction of sp³-hybridized carbons (Fsp3) is 0.286. The van der Waals surface area contributed by atoms with E-state index in [-0.39, 0.29) is 0 Å². The molecule has 0 aromatic heterocycles. The smallest absolute Gasteiger partial charge is 0.262 e. The zero-order valence-electron chi connectivity index (χ0n) is 15.5. The molecule has 1 heterocycles. The first-order chi connectivity index (χ1) is 12.9. The maximum atomic E-state index is 12.9. The van der Waals surface area contributed by atoms with Gasteiger partial charge in [-0.2, -0.15) is 0 Å². The van der Waals surface area contributed by atoms with E-state index in [0.717, 1.165) is 22.4 Å². The number of halogens is 1. The number of rotatable bonds is 5. The van der Waals surface area contributed by atoms with Crippen molar-refractivity contribution in [3.8, 4) is 0 Å². The molecule has 27 heavy (non-hydrogen) atoms. The Labute approximate surface area is 163 Å². The zero-order valence-corrected chi connectivity index (χ0v) is 16.3. The molecule has 1 atom stereocenters. The van der Waals surface area contributed by atoms with Crippen LogP contribution in [0.25, 0.3) is 0 Å². The Bertz CT molecular complexity index is 904. The van der Waals surface area contributed by atoms with E-state index in [2.05, 4.69) is 5.32 Å². The minimum absolute atomic E-state index is 0.327. The number of fused-ring (bicyclic) bond motifs is 1. The Morgan fingerprint density at radius 1 is 1.04 bits per heavy atom. The molecule has 1 aliphatic heterocycles. The van der Waals surface area contributed by atoms with Crippen molar-refractivity contribution < 1.29 is 14.4 Å². The van der Waals surface area contributed by atoms with Gasteiger partial charge in [0.15, 0.2) is 0 Å². The molecule has 6 heteroatoms. The minimum atomic E-state index is -0.939. The number of imide groups is 1. The summed E-state index contributed by atoms with van der Waals surface area (Å²) in [6.07, 6.45) is 1.38. The average Bonchev–Trinajstić information content (AvgIpc) is 2.92. The fourth-order valence-electron chi connectivity index (χ4n) is 3.37. The molecular weight excluding hydrogens is 364 g/mol. The largest absolute Gasteiger partial charge is 0.324 e. The lowest BCUT2D eigenvalue weighted by Gasteiger charge is -2.23. The Morgan fingerprint density at radius 3 is 2.15 bits per heavy atom. The molecule has 0 saturated carbocycles. The first kappa shape index (κ1) is 19.1. The van der Waals surface area contributed by atoms with Crippen LogP contribution in [0.3, 0.4) is 0 Å². The van der Waals surface area contributed by atoms with Gasteiger partial charge in [-0.3, -0.25) is 19.3 Å². The van der Waals surface area contributed by atoms with Crippen LogP contribution < -0.4 is 5.32 Å². The van der Waals surface area contributed by atoms with Gasteiger partial charge in [0.2, 0.25) is 5.91 Å². The van der Waals surface area contributed by atoms with Gasteiger partial charge in [0.1, 0.15) is 6.04 Å². The number of nitrogens with zero attached hydrogens (tertiary/aromatic N) is 1. The van der Waals surface area contributed by atoms with E-state index >= 15 is 0 Å². The lowest BCUT2D eigenvalue weighted by atomic mass is 10.0.